The first kappa shape index (κ1) is 12.1. The minimum atomic E-state index is 0.125. The van der Waals surface area contributed by atoms with Crippen LogP contribution < -0.4 is 9.47 Å². The van der Waals surface area contributed by atoms with Crippen LogP contribution in [0.5, 0.6) is 11.5 Å². The zero-order valence-corrected chi connectivity index (χ0v) is 10.0. The summed E-state index contributed by atoms with van der Waals surface area (Å²) >= 11 is 0. The van der Waals surface area contributed by atoms with E-state index in [2.05, 4.69) is 10.2 Å². The molecule has 0 amide bonds. The molecule has 18 heavy (non-hydrogen) atoms. The van der Waals surface area contributed by atoms with E-state index in [1.165, 1.54) is 7.11 Å². The van der Waals surface area contributed by atoms with Gasteiger partial charge in [-0.05, 0) is 18.2 Å². The van der Waals surface area contributed by atoms with E-state index in [4.69, 9.17) is 13.9 Å². The molecule has 0 aliphatic heterocycles. The van der Waals surface area contributed by atoms with Gasteiger partial charge in [-0.3, -0.25) is 4.79 Å². The van der Waals surface area contributed by atoms with Crippen molar-refractivity contribution in [2.75, 3.05) is 7.11 Å². The standard InChI is InChI=1S/C12H12N2O4/c1-8-13-14-12(18-8)7-17-11-5-9(6-15)3-4-10(11)16-2/h3-6H,7H2,1-2H3. The molecule has 94 valence electrons. The number of methoxy groups -OCH3 is 1. The Morgan fingerprint density at radius 3 is 2.78 bits per heavy atom. The van der Waals surface area contributed by atoms with Crippen molar-refractivity contribution >= 4 is 6.29 Å². The van der Waals surface area contributed by atoms with Crippen molar-refractivity contribution in [2.45, 2.75) is 13.5 Å². The van der Waals surface area contributed by atoms with Crippen LogP contribution in [-0.2, 0) is 6.61 Å². The molecule has 6 nitrogen and oxygen atoms in total. The predicted octanol–water partition coefficient (Wildman–Crippen LogP) is 1.78. The third-order valence-corrected chi connectivity index (χ3v) is 2.24. The summed E-state index contributed by atoms with van der Waals surface area (Å²) in [6, 6.07) is 4.91. The molecule has 1 aromatic carbocycles. The van der Waals surface area contributed by atoms with E-state index in [1.54, 1.807) is 25.1 Å². The number of hydrogen-bond donors (Lipinski definition) is 0. The van der Waals surface area contributed by atoms with Gasteiger partial charge in [-0.15, -0.1) is 10.2 Å². The number of hydrogen-bond acceptors (Lipinski definition) is 6. The van der Waals surface area contributed by atoms with E-state index in [9.17, 15) is 4.79 Å². The van der Waals surface area contributed by atoms with Crippen LogP contribution in [0.25, 0.3) is 0 Å². The lowest BCUT2D eigenvalue weighted by molar-refractivity contribution is 0.112. The van der Waals surface area contributed by atoms with E-state index < -0.39 is 0 Å². The number of benzene rings is 1. The van der Waals surface area contributed by atoms with Crippen molar-refractivity contribution in [3.8, 4) is 11.5 Å². The first-order valence-corrected chi connectivity index (χ1v) is 5.28. The maximum atomic E-state index is 10.7. The first-order valence-electron chi connectivity index (χ1n) is 5.28. The molecule has 6 heteroatoms. The summed E-state index contributed by atoms with van der Waals surface area (Å²) in [6.07, 6.45) is 0.739. The molecule has 0 bridgehead atoms. The molecule has 0 fully saturated rings. The molecule has 2 aromatic rings. The van der Waals surface area contributed by atoms with Crippen LogP contribution in [0.4, 0.5) is 0 Å². The monoisotopic (exact) mass is 248 g/mol. The smallest absolute Gasteiger partial charge is 0.253 e. The number of carbonyl (C=O) groups excluding carboxylic acids is 1. The number of ether oxygens (including phenoxy) is 2. The molecule has 0 aliphatic rings. The third-order valence-electron chi connectivity index (χ3n) is 2.24. The highest BCUT2D eigenvalue weighted by Gasteiger charge is 2.08. The van der Waals surface area contributed by atoms with Crippen LogP contribution >= 0.6 is 0 Å². The number of carbonyl (C=O) groups is 1. The molecule has 0 N–H and O–H groups in total. The van der Waals surface area contributed by atoms with Crippen molar-refractivity contribution in [1.82, 2.24) is 10.2 Å². The number of nitrogens with zero attached hydrogens (tertiary/aromatic N) is 2. The van der Waals surface area contributed by atoms with Crippen molar-refractivity contribution in [3.05, 3.63) is 35.5 Å². The predicted molar refractivity (Wildman–Crippen MR) is 61.7 cm³/mol. The first-order chi connectivity index (χ1) is 8.72. The van der Waals surface area contributed by atoms with Crippen LogP contribution in [0.3, 0.4) is 0 Å². The van der Waals surface area contributed by atoms with Crippen LogP contribution in [0.1, 0.15) is 22.1 Å². The van der Waals surface area contributed by atoms with E-state index in [1.807, 2.05) is 0 Å². The van der Waals surface area contributed by atoms with Gasteiger partial charge in [0.25, 0.3) is 5.89 Å². The van der Waals surface area contributed by atoms with Crippen molar-refractivity contribution in [1.29, 1.82) is 0 Å². The molecule has 0 saturated carbocycles. The third kappa shape index (κ3) is 2.65. The molecule has 2 rings (SSSR count). The fourth-order valence-corrected chi connectivity index (χ4v) is 1.41. The minimum Gasteiger partial charge on any atom is -0.493 e. The van der Waals surface area contributed by atoms with Crippen molar-refractivity contribution < 1.29 is 18.7 Å². The van der Waals surface area contributed by atoms with Crippen LogP contribution in [-0.4, -0.2) is 23.6 Å². The molecule has 0 saturated heterocycles. The summed E-state index contributed by atoms with van der Waals surface area (Å²) in [6.45, 7) is 1.82. The Balaban J connectivity index is 2.14. The van der Waals surface area contributed by atoms with Crippen LogP contribution in [0, 0.1) is 6.92 Å². The Morgan fingerprint density at radius 2 is 2.17 bits per heavy atom. The second kappa shape index (κ2) is 5.31. The number of aromatic nitrogens is 2. The summed E-state index contributed by atoms with van der Waals surface area (Å²) < 4.78 is 15.8. The summed E-state index contributed by atoms with van der Waals surface area (Å²) in [5.41, 5.74) is 0.507. The zero-order valence-electron chi connectivity index (χ0n) is 10.0. The SMILES string of the molecule is COc1ccc(C=O)cc1OCc1nnc(C)o1. The topological polar surface area (TPSA) is 74.5 Å². The highest BCUT2D eigenvalue weighted by molar-refractivity contribution is 5.76. The molecule has 0 atom stereocenters. The summed E-state index contributed by atoms with van der Waals surface area (Å²) in [4.78, 5) is 10.7. The van der Waals surface area contributed by atoms with E-state index in [-0.39, 0.29) is 6.61 Å². The molecule has 0 spiro atoms. The molecular weight excluding hydrogens is 236 g/mol. The lowest BCUT2D eigenvalue weighted by Gasteiger charge is -2.09. The molecule has 0 aliphatic carbocycles. The molecular formula is C12H12N2O4. The van der Waals surface area contributed by atoms with Gasteiger partial charge in [-0.25, -0.2) is 0 Å². The largest absolute Gasteiger partial charge is 0.493 e. The Kier molecular flexibility index (Phi) is 3.57. The normalized spacial score (nSPS) is 10.1. The Hall–Kier alpha value is -2.37. The van der Waals surface area contributed by atoms with E-state index in [0.29, 0.717) is 28.8 Å². The second-order valence-corrected chi connectivity index (χ2v) is 3.53. The number of rotatable bonds is 5. The molecule has 0 radical (unpaired) electrons. The van der Waals surface area contributed by atoms with Gasteiger partial charge in [0.1, 0.15) is 6.29 Å². The van der Waals surface area contributed by atoms with Gasteiger partial charge < -0.3 is 13.9 Å². The highest BCUT2D eigenvalue weighted by atomic mass is 16.5. The van der Waals surface area contributed by atoms with Crippen molar-refractivity contribution in [3.63, 3.8) is 0 Å². The number of aldehydes is 1. The van der Waals surface area contributed by atoms with Gasteiger partial charge in [0.2, 0.25) is 5.89 Å². The highest BCUT2D eigenvalue weighted by Crippen LogP contribution is 2.28. The van der Waals surface area contributed by atoms with Gasteiger partial charge in [-0.1, -0.05) is 0 Å². The maximum Gasteiger partial charge on any atom is 0.253 e. The van der Waals surface area contributed by atoms with Gasteiger partial charge in [0.15, 0.2) is 18.1 Å². The van der Waals surface area contributed by atoms with Gasteiger partial charge in [0, 0.05) is 12.5 Å². The average Bonchev–Trinajstić information content (AvgIpc) is 2.81. The average molecular weight is 248 g/mol. The Labute approximate surface area is 104 Å². The van der Waals surface area contributed by atoms with E-state index >= 15 is 0 Å². The second-order valence-electron chi connectivity index (χ2n) is 3.53. The fourth-order valence-electron chi connectivity index (χ4n) is 1.41. The maximum absolute atomic E-state index is 10.7. The van der Waals surface area contributed by atoms with Crippen LogP contribution in [0.15, 0.2) is 22.6 Å². The molecule has 1 heterocycles. The number of aryl methyl sites for hydroxylation is 1. The van der Waals surface area contributed by atoms with Gasteiger partial charge in [-0.2, -0.15) is 0 Å². The Bertz CT molecular complexity index is 551. The van der Waals surface area contributed by atoms with Gasteiger partial charge >= 0.3 is 0 Å². The molecule has 0 unspecified atom stereocenters. The van der Waals surface area contributed by atoms with Crippen LogP contribution in [0.2, 0.25) is 0 Å². The van der Waals surface area contributed by atoms with Crippen molar-refractivity contribution in [2.24, 2.45) is 0 Å². The summed E-state index contributed by atoms with van der Waals surface area (Å²) in [5, 5.41) is 7.50. The Morgan fingerprint density at radius 1 is 1.33 bits per heavy atom. The lowest BCUT2D eigenvalue weighted by Crippen LogP contribution is -1.99. The fraction of sp³-hybridized carbons (Fsp3) is 0.250. The summed E-state index contributed by atoms with van der Waals surface area (Å²) in [7, 11) is 1.53. The molecule has 1 aromatic heterocycles. The lowest BCUT2D eigenvalue weighted by atomic mass is 10.2. The minimum absolute atomic E-state index is 0.125. The van der Waals surface area contributed by atoms with E-state index in [0.717, 1.165) is 6.29 Å². The summed E-state index contributed by atoms with van der Waals surface area (Å²) in [5.74, 6) is 1.84. The quantitative estimate of drug-likeness (QED) is 0.751. The van der Waals surface area contributed by atoms with Gasteiger partial charge in [0.05, 0.1) is 7.11 Å². The zero-order chi connectivity index (χ0) is 13.0.